The highest BCUT2D eigenvalue weighted by atomic mass is 16.2. The van der Waals surface area contributed by atoms with Crippen LogP contribution < -0.4 is 10.6 Å². The first kappa shape index (κ1) is 15.8. The molecule has 1 aromatic carbocycles. The topological polar surface area (TPSA) is 61.4 Å². The molecule has 0 spiro atoms. The summed E-state index contributed by atoms with van der Waals surface area (Å²) in [6.45, 7) is 1.94. The Morgan fingerprint density at radius 3 is 2.65 bits per heavy atom. The van der Waals surface area contributed by atoms with Crippen molar-refractivity contribution in [3.63, 3.8) is 0 Å². The minimum Gasteiger partial charge on any atom is -0.355 e. The van der Waals surface area contributed by atoms with E-state index in [1.807, 2.05) is 18.2 Å². The standard InChI is InChI=1S/C18H25N3O2/c22-17(19-11-10-14-5-2-1-3-6-14)15-7-4-12-21(13-15)18(23)20-16-8-9-16/h1-3,5-6,15-16H,4,7-13H2,(H,19,22)(H,20,23). The minimum atomic E-state index is -0.0792. The van der Waals surface area contributed by atoms with Gasteiger partial charge < -0.3 is 15.5 Å². The van der Waals surface area contributed by atoms with Crippen LogP contribution in [-0.4, -0.2) is 42.5 Å². The molecule has 1 aliphatic carbocycles. The summed E-state index contributed by atoms with van der Waals surface area (Å²) in [5, 5.41) is 6.02. The van der Waals surface area contributed by atoms with Gasteiger partial charge in [0.25, 0.3) is 0 Å². The highest BCUT2D eigenvalue weighted by Crippen LogP contribution is 2.21. The number of piperidine rings is 1. The van der Waals surface area contributed by atoms with E-state index in [0.717, 1.165) is 38.6 Å². The fourth-order valence-corrected chi connectivity index (χ4v) is 2.99. The second-order valence-corrected chi connectivity index (χ2v) is 6.54. The van der Waals surface area contributed by atoms with Crippen LogP contribution in [-0.2, 0) is 11.2 Å². The summed E-state index contributed by atoms with van der Waals surface area (Å²) in [5.41, 5.74) is 1.22. The van der Waals surface area contributed by atoms with Crippen LogP contribution in [0.5, 0.6) is 0 Å². The van der Waals surface area contributed by atoms with Gasteiger partial charge in [-0.2, -0.15) is 0 Å². The van der Waals surface area contributed by atoms with Crippen LogP contribution in [0.2, 0.25) is 0 Å². The molecule has 5 nitrogen and oxygen atoms in total. The third kappa shape index (κ3) is 4.71. The van der Waals surface area contributed by atoms with E-state index in [4.69, 9.17) is 0 Å². The summed E-state index contributed by atoms with van der Waals surface area (Å²) in [6, 6.07) is 10.5. The van der Waals surface area contributed by atoms with Crippen molar-refractivity contribution in [1.29, 1.82) is 0 Å². The Hall–Kier alpha value is -2.04. The second kappa shape index (κ2) is 7.49. The lowest BCUT2D eigenvalue weighted by atomic mass is 9.97. The Morgan fingerprint density at radius 1 is 1.13 bits per heavy atom. The van der Waals surface area contributed by atoms with Gasteiger partial charge in [-0.15, -0.1) is 0 Å². The average molecular weight is 315 g/mol. The molecule has 1 saturated carbocycles. The van der Waals surface area contributed by atoms with Crippen molar-refractivity contribution in [2.45, 2.75) is 38.1 Å². The number of nitrogens with zero attached hydrogens (tertiary/aromatic N) is 1. The van der Waals surface area contributed by atoms with Crippen LogP contribution in [0.25, 0.3) is 0 Å². The van der Waals surface area contributed by atoms with Gasteiger partial charge in [0.15, 0.2) is 0 Å². The number of carbonyl (C=O) groups is 2. The molecule has 1 atom stereocenters. The Labute approximate surface area is 137 Å². The van der Waals surface area contributed by atoms with E-state index in [-0.39, 0.29) is 17.9 Å². The maximum Gasteiger partial charge on any atom is 0.317 e. The molecule has 2 aliphatic rings. The fraction of sp³-hybridized carbons (Fsp3) is 0.556. The van der Waals surface area contributed by atoms with Crippen LogP contribution in [0.3, 0.4) is 0 Å². The lowest BCUT2D eigenvalue weighted by molar-refractivity contribution is -0.126. The number of rotatable bonds is 5. The molecule has 2 fully saturated rings. The molecule has 1 heterocycles. The van der Waals surface area contributed by atoms with E-state index >= 15 is 0 Å². The summed E-state index contributed by atoms with van der Waals surface area (Å²) in [6.07, 6.45) is 4.77. The van der Waals surface area contributed by atoms with Gasteiger partial charge in [0.1, 0.15) is 0 Å². The minimum absolute atomic E-state index is 0.00529. The van der Waals surface area contributed by atoms with E-state index in [1.54, 1.807) is 4.90 Å². The first-order valence-electron chi connectivity index (χ1n) is 8.59. The van der Waals surface area contributed by atoms with Crippen molar-refractivity contribution in [3.8, 4) is 0 Å². The Morgan fingerprint density at radius 2 is 1.91 bits per heavy atom. The molecule has 1 unspecified atom stereocenters. The summed E-state index contributed by atoms with van der Waals surface area (Å²) >= 11 is 0. The van der Waals surface area contributed by atoms with Gasteiger partial charge in [-0.25, -0.2) is 4.79 Å². The van der Waals surface area contributed by atoms with E-state index < -0.39 is 0 Å². The first-order chi connectivity index (χ1) is 11.2. The zero-order chi connectivity index (χ0) is 16.1. The molecule has 3 amide bonds. The van der Waals surface area contributed by atoms with Crippen molar-refractivity contribution < 1.29 is 9.59 Å². The van der Waals surface area contributed by atoms with E-state index in [9.17, 15) is 9.59 Å². The number of urea groups is 1. The monoisotopic (exact) mass is 315 g/mol. The number of nitrogens with one attached hydrogen (secondary N) is 2. The average Bonchev–Trinajstić information content (AvgIpc) is 3.40. The molecular weight excluding hydrogens is 290 g/mol. The molecule has 5 heteroatoms. The van der Waals surface area contributed by atoms with Crippen molar-refractivity contribution in [2.24, 2.45) is 5.92 Å². The Balaban J connectivity index is 1.42. The lowest BCUT2D eigenvalue weighted by Gasteiger charge is -2.32. The zero-order valence-corrected chi connectivity index (χ0v) is 13.5. The molecule has 1 aliphatic heterocycles. The predicted octanol–water partition coefficient (Wildman–Crippen LogP) is 1.93. The van der Waals surface area contributed by atoms with Gasteiger partial charge in [0.05, 0.1) is 5.92 Å². The SMILES string of the molecule is O=C(NCCc1ccccc1)C1CCCN(C(=O)NC2CC2)C1. The molecular formula is C18H25N3O2. The highest BCUT2D eigenvalue weighted by molar-refractivity contribution is 5.81. The summed E-state index contributed by atoms with van der Waals surface area (Å²) in [5.74, 6) is -0.00525. The molecule has 0 bridgehead atoms. The molecule has 3 rings (SSSR count). The van der Waals surface area contributed by atoms with E-state index in [0.29, 0.717) is 19.1 Å². The van der Waals surface area contributed by atoms with Crippen LogP contribution in [0, 0.1) is 5.92 Å². The van der Waals surface area contributed by atoms with E-state index in [2.05, 4.69) is 22.8 Å². The van der Waals surface area contributed by atoms with Crippen molar-refractivity contribution in [1.82, 2.24) is 15.5 Å². The molecule has 1 saturated heterocycles. The van der Waals surface area contributed by atoms with Gasteiger partial charge in [-0.1, -0.05) is 30.3 Å². The Kier molecular flexibility index (Phi) is 5.16. The number of likely N-dealkylation sites (tertiary alicyclic amines) is 1. The van der Waals surface area contributed by atoms with Gasteiger partial charge in [-0.05, 0) is 37.7 Å². The number of hydrogen-bond acceptors (Lipinski definition) is 2. The number of amides is 3. The maximum absolute atomic E-state index is 12.3. The summed E-state index contributed by atoms with van der Waals surface area (Å²) in [4.78, 5) is 26.2. The van der Waals surface area contributed by atoms with Crippen LogP contribution in [0.1, 0.15) is 31.2 Å². The normalized spacial score (nSPS) is 20.9. The molecule has 0 radical (unpaired) electrons. The molecule has 23 heavy (non-hydrogen) atoms. The van der Waals surface area contributed by atoms with E-state index in [1.165, 1.54) is 5.56 Å². The summed E-state index contributed by atoms with van der Waals surface area (Å²) < 4.78 is 0. The lowest BCUT2D eigenvalue weighted by Crippen LogP contribution is -2.49. The number of benzene rings is 1. The number of carbonyl (C=O) groups excluding carboxylic acids is 2. The van der Waals surface area contributed by atoms with Crippen molar-refractivity contribution in [2.75, 3.05) is 19.6 Å². The van der Waals surface area contributed by atoms with Gasteiger partial charge >= 0.3 is 6.03 Å². The Bertz CT molecular complexity index is 542. The molecule has 0 aromatic heterocycles. The first-order valence-corrected chi connectivity index (χ1v) is 8.59. The second-order valence-electron chi connectivity index (χ2n) is 6.54. The predicted molar refractivity (Wildman–Crippen MR) is 89.0 cm³/mol. The molecule has 124 valence electrons. The fourth-order valence-electron chi connectivity index (χ4n) is 2.99. The zero-order valence-electron chi connectivity index (χ0n) is 13.5. The van der Waals surface area contributed by atoms with Gasteiger partial charge in [0, 0.05) is 25.7 Å². The van der Waals surface area contributed by atoms with Crippen LogP contribution in [0.15, 0.2) is 30.3 Å². The van der Waals surface area contributed by atoms with Crippen molar-refractivity contribution in [3.05, 3.63) is 35.9 Å². The van der Waals surface area contributed by atoms with Gasteiger partial charge in [0.2, 0.25) is 5.91 Å². The summed E-state index contributed by atoms with van der Waals surface area (Å²) in [7, 11) is 0. The number of hydrogen-bond donors (Lipinski definition) is 2. The maximum atomic E-state index is 12.3. The largest absolute Gasteiger partial charge is 0.355 e. The quantitative estimate of drug-likeness (QED) is 0.872. The molecule has 1 aromatic rings. The smallest absolute Gasteiger partial charge is 0.317 e. The highest BCUT2D eigenvalue weighted by Gasteiger charge is 2.31. The van der Waals surface area contributed by atoms with Crippen LogP contribution in [0.4, 0.5) is 4.79 Å². The van der Waals surface area contributed by atoms with Gasteiger partial charge in [-0.3, -0.25) is 4.79 Å². The third-order valence-corrected chi connectivity index (χ3v) is 4.54. The van der Waals surface area contributed by atoms with Crippen molar-refractivity contribution >= 4 is 11.9 Å². The van der Waals surface area contributed by atoms with Crippen LogP contribution >= 0.6 is 0 Å². The third-order valence-electron chi connectivity index (χ3n) is 4.54. The molecule has 2 N–H and O–H groups in total.